The number of benzene rings is 2. The summed E-state index contributed by atoms with van der Waals surface area (Å²) in [7, 11) is 0. The van der Waals surface area contributed by atoms with Gasteiger partial charge in [-0.15, -0.1) is 0 Å². The monoisotopic (exact) mass is 443 g/mol. The summed E-state index contributed by atoms with van der Waals surface area (Å²) in [6, 6.07) is 17.2. The van der Waals surface area contributed by atoms with Gasteiger partial charge >= 0.3 is 0 Å². The van der Waals surface area contributed by atoms with Crippen LogP contribution in [0.2, 0.25) is 5.02 Å². The first kappa shape index (κ1) is 18.3. The van der Waals surface area contributed by atoms with Crippen LogP contribution >= 0.6 is 27.5 Å². The zero-order valence-corrected chi connectivity index (χ0v) is 16.9. The second-order valence-corrected chi connectivity index (χ2v) is 8.06. The zero-order valence-electron chi connectivity index (χ0n) is 14.6. The van der Waals surface area contributed by atoms with E-state index >= 15 is 0 Å². The molecule has 0 amide bonds. The molecule has 0 bridgehead atoms. The number of hydrogen-bond acceptors (Lipinski definition) is 4. The normalized spacial score (nSPS) is 16.7. The van der Waals surface area contributed by atoms with Crippen molar-refractivity contribution in [3.05, 3.63) is 64.1 Å². The third-order valence-corrected chi connectivity index (χ3v) is 5.60. The molecular weight excluding hydrogens is 426 g/mol. The summed E-state index contributed by atoms with van der Waals surface area (Å²) in [6.45, 7) is 1.63. The number of aromatic nitrogens is 1. The maximum Gasteiger partial charge on any atom is 0.129 e. The Kier molecular flexibility index (Phi) is 5.08. The molecule has 1 fully saturated rings. The maximum atomic E-state index is 10.4. The second-order valence-electron chi connectivity index (χ2n) is 6.74. The molecular formula is C21H19BrClN3O. The average Bonchev–Trinajstić information content (AvgIpc) is 3.10. The largest absolute Gasteiger partial charge is 0.507 e. The molecule has 1 aliphatic heterocycles. The van der Waals surface area contributed by atoms with Crippen LogP contribution < -0.4 is 10.6 Å². The number of phenolic OH excluding ortho intramolecular Hbond substituents is 1. The lowest BCUT2D eigenvalue weighted by Crippen LogP contribution is -2.27. The van der Waals surface area contributed by atoms with E-state index in [1.54, 1.807) is 12.1 Å². The lowest BCUT2D eigenvalue weighted by molar-refractivity contribution is 0.477. The third kappa shape index (κ3) is 3.81. The van der Waals surface area contributed by atoms with Crippen molar-refractivity contribution in [2.45, 2.75) is 12.5 Å². The molecule has 2 heterocycles. The minimum atomic E-state index is 0.151. The van der Waals surface area contributed by atoms with Crippen molar-refractivity contribution >= 4 is 33.3 Å². The fraction of sp³-hybridized carbons (Fsp3) is 0.190. The van der Waals surface area contributed by atoms with Gasteiger partial charge in [-0.05, 0) is 48.4 Å². The van der Waals surface area contributed by atoms with E-state index in [9.17, 15) is 5.11 Å². The summed E-state index contributed by atoms with van der Waals surface area (Å²) in [5, 5.41) is 11.1. The van der Waals surface area contributed by atoms with Crippen molar-refractivity contribution in [1.29, 1.82) is 0 Å². The van der Waals surface area contributed by atoms with Crippen molar-refractivity contribution in [3.63, 3.8) is 0 Å². The Labute approximate surface area is 171 Å². The standard InChI is InChI=1S/C21H19BrClN3O/c22-14-5-6-20(27)17(11-14)19-9-13(16-3-1-2-4-18(16)23)10-21(25-19)26-8-7-15(24)12-26/h1-6,9-11,15,27H,7-8,12,24H2. The minimum absolute atomic E-state index is 0.151. The van der Waals surface area contributed by atoms with Crippen LogP contribution in [0.4, 0.5) is 5.82 Å². The van der Waals surface area contributed by atoms with Gasteiger partial charge in [-0.2, -0.15) is 0 Å². The van der Waals surface area contributed by atoms with Crippen LogP contribution in [0, 0.1) is 0 Å². The van der Waals surface area contributed by atoms with Crippen LogP contribution in [-0.4, -0.2) is 29.2 Å². The summed E-state index contributed by atoms with van der Waals surface area (Å²) >= 11 is 9.91. The average molecular weight is 445 g/mol. The molecule has 4 rings (SSSR count). The molecule has 0 saturated carbocycles. The summed E-state index contributed by atoms with van der Waals surface area (Å²) < 4.78 is 0.880. The summed E-state index contributed by atoms with van der Waals surface area (Å²) in [5.74, 6) is 1.03. The number of aromatic hydroxyl groups is 1. The van der Waals surface area contributed by atoms with Gasteiger partial charge in [-0.1, -0.05) is 45.7 Å². The maximum absolute atomic E-state index is 10.4. The Hall–Kier alpha value is -2.08. The van der Waals surface area contributed by atoms with Crippen LogP contribution in [0.25, 0.3) is 22.4 Å². The molecule has 3 aromatic rings. The molecule has 138 valence electrons. The quantitative estimate of drug-likeness (QED) is 0.592. The molecule has 3 N–H and O–H groups in total. The van der Waals surface area contributed by atoms with Crippen molar-refractivity contribution in [3.8, 4) is 28.1 Å². The van der Waals surface area contributed by atoms with Gasteiger partial charge < -0.3 is 15.7 Å². The van der Waals surface area contributed by atoms with E-state index in [0.717, 1.165) is 40.9 Å². The van der Waals surface area contributed by atoms with Crippen LogP contribution in [0.5, 0.6) is 5.75 Å². The number of rotatable bonds is 3. The van der Waals surface area contributed by atoms with Crippen molar-refractivity contribution in [2.24, 2.45) is 5.73 Å². The van der Waals surface area contributed by atoms with Crippen LogP contribution in [0.3, 0.4) is 0 Å². The van der Waals surface area contributed by atoms with E-state index in [2.05, 4.69) is 20.8 Å². The first-order valence-electron chi connectivity index (χ1n) is 8.77. The van der Waals surface area contributed by atoms with Gasteiger partial charge in [0.05, 0.1) is 5.69 Å². The van der Waals surface area contributed by atoms with Gasteiger partial charge in [0.1, 0.15) is 11.6 Å². The molecule has 1 saturated heterocycles. The van der Waals surface area contributed by atoms with Crippen LogP contribution in [0.1, 0.15) is 6.42 Å². The third-order valence-electron chi connectivity index (χ3n) is 4.78. The van der Waals surface area contributed by atoms with E-state index < -0.39 is 0 Å². The highest BCUT2D eigenvalue weighted by Gasteiger charge is 2.22. The first-order valence-corrected chi connectivity index (χ1v) is 9.95. The fourth-order valence-electron chi connectivity index (χ4n) is 3.38. The highest BCUT2D eigenvalue weighted by atomic mass is 79.9. The number of phenols is 1. The molecule has 0 aliphatic carbocycles. The predicted molar refractivity (Wildman–Crippen MR) is 114 cm³/mol. The molecule has 4 nitrogen and oxygen atoms in total. The Bertz CT molecular complexity index is 995. The summed E-state index contributed by atoms with van der Waals surface area (Å²) in [6.07, 6.45) is 0.940. The highest BCUT2D eigenvalue weighted by Crippen LogP contribution is 2.37. The van der Waals surface area contributed by atoms with Gasteiger partial charge in [-0.25, -0.2) is 4.98 Å². The van der Waals surface area contributed by atoms with Gasteiger partial charge in [-0.3, -0.25) is 0 Å². The van der Waals surface area contributed by atoms with E-state index in [1.807, 2.05) is 42.5 Å². The molecule has 1 aromatic heterocycles. The smallest absolute Gasteiger partial charge is 0.129 e. The molecule has 27 heavy (non-hydrogen) atoms. The Balaban J connectivity index is 1.89. The number of hydrogen-bond donors (Lipinski definition) is 2. The van der Waals surface area contributed by atoms with E-state index in [-0.39, 0.29) is 11.8 Å². The number of nitrogens with two attached hydrogens (primary N) is 1. The zero-order chi connectivity index (χ0) is 19.0. The highest BCUT2D eigenvalue weighted by molar-refractivity contribution is 9.10. The second kappa shape index (κ2) is 7.50. The Morgan fingerprint density at radius 2 is 1.93 bits per heavy atom. The Morgan fingerprint density at radius 1 is 1.11 bits per heavy atom. The molecule has 0 spiro atoms. The lowest BCUT2D eigenvalue weighted by atomic mass is 10.0. The van der Waals surface area contributed by atoms with Gasteiger partial charge in [0.15, 0.2) is 0 Å². The van der Waals surface area contributed by atoms with Crippen LogP contribution in [-0.2, 0) is 0 Å². The fourth-order valence-corrected chi connectivity index (χ4v) is 3.98. The summed E-state index contributed by atoms with van der Waals surface area (Å²) in [5.41, 5.74) is 9.35. The van der Waals surface area contributed by atoms with E-state index in [1.165, 1.54) is 0 Å². The van der Waals surface area contributed by atoms with Crippen molar-refractivity contribution in [1.82, 2.24) is 4.98 Å². The number of anilines is 1. The molecule has 1 unspecified atom stereocenters. The Morgan fingerprint density at radius 3 is 2.67 bits per heavy atom. The number of halogens is 2. The molecule has 1 aliphatic rings. The molecule has 2 aromatic carbocycles. The van der Waals surface area contributed by atoms with Gasteiger partial charge in [0, 0.05) is 39.8 Å². The molecule has 0 radical (unpaired) electrons. The van der Waals surface area contributed by atoms with Gasteiger partial charge in [0.25, 0.3) is 0 Å². The first-order chi connectivity index (χ1) is 13.0. The lowest BCUT2D eigenvalue weighted by Gasteiger charge is -2.20. The predicted octanol–water partition coefficient (Wildman–Crippen LogP) is 5.07. The molecule has 6 heteroatoms. The van der Waals surface area contributed by atoms with Crippen molar-refractivity contribution in [2.75, 3.05) is 18.0 Å². The van der Waals surface area contributed by atoms with Crippen molar-refractivity contribution < 1.29 is 5.11 Å². The number of nitrogens with zero attached hydrogens (tertiary/aromatic N) is 2. The van der Waals surface area contributed by atoms with Crippen LogP contribution in [0.15, 0.2) is 59.1 Å². The minimum Gasteiger partial charge on any atom is -0.507 e. The van der Waals surface area contributed by atoms with E-state index in [4.69, 9.17) is 22.3 Å². The topological polar surface area (TPSA) is 62.4 Å². The number of pyridine rings is 1. The summed E-state index contributed by atoms with van der Waals surface area (Å²) in [4.78, 5) is 7.01. The van der Waals surface area contributed by atoms with Gasteiger partial charge in [0.2, 0.25) is 0 Å². The SMILES string of the molecule is NC1CCN(c2cc(-c3ccccc3Cl)cc(-c3cc(Br)ccc3O)n2)C1. The van der Waals surface area contributed by atoms with E-state index in [0.29, 0.717) is 16.3 Å². The molecule has 1 atom stereocenters.